The van der Waals surface area contributed by atoms with E-state index < -0.39 is 16.1 Å². The predicted octanol–water partition coefficient (Wildman–Crippen LogP) is 15.9. The van der Waals surface area contributed by atoms with E-state index in [9.17, 15) is 0 Å². The van der Waals surface area contributed by atoms with Crippen LogP contribution in [0.25, 0.3) is 32.3 Å². The van der Waals surface area contributed by atoms with E-state index in [1.165, 1.54) is 139 Å². The van der Waals surface area contributed by atoms with Gasteiger partial charge >= 0.3 is 0 Å². The quantitative estimate of drug-likeness (QED) is 0.100. The van der Waals surface area contributed by atoms with Crippen molar-refractivity contribution in [2.45, 2.75) is 102 Å². The first kappa shape index (κ1) is 39.0. The Bertz CT molecular complexity index is 2570. The molecule has 60 heavy (non-hydrogen) atoms. The van der Waals surface area contributed by atoms with Crippen LogP contribution < -0.4 is 20.2 Å². The maximum absolute atomic E-state index is 2.60. The van der Waals surface area contributed by atoms with Gasteiger partial charge < -0.3 is 9.80 Å². The third-order valence-corrected chi connectivity index (χ3v) is 18.1. The molecule has 8 aromatic rings. The summed E-state index contributed by atoms with van der Waals surface area (Å²) in [6.45, 7) is 14.7. The molecule has 0 radical (unpaired) electrons. The Morgan fingerprint density at radius 3 is 1.02 bits per heavy atom. The lowest BCUT2D eigenvalue weighted by molar-refractivity contribution is 0.729. The normalized spacial score (nSPS) is 15.5. The van der Waals surface area contributed by atoms with Crippen molar-refractivity contribution in [3.05, 3.63) is 157 Å². The van der Waals surface area contributed by atoms with Gasteiger partial charge in [-0.25, -0.2) is 0 Å². The Morgan fingerprint density at radius 2 is 0.683 bits per heavy atom. The minimum atomic E-state index is -1.48. The van der Waals surface area contributed by atoms with Crippen molar-refractivity contribution >= 4 is 93.0 Å². The lowest BCUT2D eigenvalue weighted by Gasteiger charge is -2.32. The predicted molar refractivity (Wildman–Crippen MR) is 268 cm³/mol. The molecule has 0 aromatic heterocycles. The fourth-order valence-electron chi connectivity index (χ4n) is 10.8. The van der Waals surface area contributed by atoms with Crippen molar-refractivity contribution in [1.82, 2.24) is 0 Å². The molecule has 8 aromatic carbocycles. The highest BCUT2D eigenvalue weighted by molar-refractivity contribution is 6.89. The van der Waals surface area contributed by atoms with E-state index in [1.807, 2.05) is 0 Å². The topological polar surface area (TPSA) is 6.48 Å². The smallest absolute Gasteiger partial charge is 0.0775 e. The minimum absolute atomic E-state index is 0.555. The highest BCUT2D eigenvalue weighted by Gasteiger charge is 2.30. The van der Waals surface area contributed by atoms with Crippen molar-refractivity contribution in [2.24, 2.45) is 0 Å². The standard InChI is InChI=1S/C56H60N2Si2/c1-59(2,3)45-29-25-43(26-30-45)57(41-21-9-7-10-22-41)53-37-51(39-17-13-14-18-39)47-34-36-50-54(38-52(40-19-15-16-20-40)48-33-35-49(53)55(47)56(48)50)58(42-23-11-8-12-24-42)44-27-31-46(32-28-44)60(4,5)6/h7-12,21-40H,13-20H2,1-6H3. The summed E-state index contributed by atoms with van der Waals surface area (Å²) in [5, 5.41) is 11.4. The number of hydrogen-bond acceptors (Lipinski definition) is 2. The zero-order chi connectivity index (χ0) is 41.2. The second-order valence-corrected chi connectivity index (χ2v) is 30.1. The lowest BCUT2D eigenvalue weighted by atomic mass is 9.82. The van der Waals surface area contributed by atoms with Gasteiger partial charge in [0, 0.05) is 33.5 Å². The van der Waals surface area contributed by atoms with Gasteiger partial charge in [-0.05, 0) is 131 Å². The van der Waals surface area contributed by atoms with E-state index in [-0.39, 0.29) is 0 Å². The van der Waals surface area contributed by atoms with Gasteiger partial charge in [-0.2, -0.15) is 0 Å². The molecule has 0 unspecified atom stereocenters. The van der Waals surface area contributed by atoms with E-state index in [1.54, 1.807) is 0 Å². The first-order valence-electron chi connectivity index (χ1n) is 22.7. The van der Waals surface area contributed by atoms with Crippen molar-refractivity contribution in [2.75, 3.05) is 9.80 Å². The molecule has 0 aliphatic heterocycles. The highest BCUT2D eigenvalue weighted by atomic mass is 28.3. The Balaban J connectivity index is 1.30. The van der Waals surface area contributed by atoms with E-state index >= 15 is 0 Å². The summed E-state index contributed by atoms with van der Waals surface area (Å²) in [6, 6.07) is 56.6. The number of anilines is 6. The molecular weight excluding hydrogens is 757 g/mol. The molecule has 0 spiro atoms. The van der Waals surface area contributed by atoms with Gasteiger partial charge in [-0.15, -0.1) is 0 Å². The summed E-state index contributed by atoms with van der Waals surface area (Å²) in [7, 11) is -2.95. The van der Waals surface area contributed by atoms with Gasteiger partial charge in [0.2, 0.25) is 0 Å². The molecule has 302 valence electrons. The van der Waals surface area contributed by atoms with Gasteiger partial charge in [-0.1, -0.05) is 160 Å². The summed E-state index contributed by atoms with van der Waals surface area (Å²) in [4.78, 5) is 5.13. The fraction of sp³-hybridized carbons (Fsp3) is 0.286. The molecule has 0 heterocycles. The first-order chi connectivity index (χ1) is 29.0. The second-order valence-electron chi connectivity index (χ2n) is 19.9. The Labute approximate surface area is 360 Å². The summed E-state index contributed by atoms with van der Waals surface area (Å²) in [6.07, 6.45) is 10.3. The van der Waals surface area contributed by atoms with E-state index in [0.717, 1.165) is 0 Å². The molecular formula is C56H60N2Si2. The van der Waals surface area contributed by atoms with Crippen LogP contribution >= 0.6 is 0 Å². The molecule has 2 nitrogen and oxygen atoms in total. The largest absolute Gasteiger partial charge is 0.310 e. The van der Waals surface area contributed by atoms with Gasteiger partial charge in [-0.3, -0.25) is 0 Å². The SMILES string of the molecule is C[Si](C)(C)c1ccc(N(c2ccccc2)c2cc(C3CCCC3)c3ccc4c(N(c5ccccc5)c5ccc([Si](C)(C)C)cc5)cc(C5CCCC5)c5ccc2c3c54)cc1. The van der Waals surface area contributed by atoms with Crippen molar-refractivity contribution in [3.8, 4) is 0 Å². The number of rotatable bonds is 10. The maximum Gasteiger partial charge on any atom is 0.0775 e. The molecule has 2 fully saturated rings. The molecule has 0 atom stereocenters. The zero-order valence-electron chi connectivity index (χ0n) is 36.6. The van der Waals surface area contributed by atoms with Crippen LogP contribution in [-0.4, -0.2) is 16.1 Å². The molecule has 0 N–H and O–H groups in total. The molecule has 0 saturated heterocycles. The third-order valence-electron chi connectivity index (χ3n) is 14.0. The zero-order valence-corrected chi connectivity index (χ0v) is 38.6. The molecule has 2 saturated carbocycles. The first-order valence-corrected chi connectivity index (χ1v) is 29.7. The van der Waals surface area contributed by atoms with Crippen LogP contribution in [0.15, 0.2) is 146 Å². The summed E-state index contributed by atoms with van der Waals surface area (Å²) in [5.74, 6) is 1.11. The van der Waals surface area contributed by atoms with Crippen molar-refractivity contribution in [3.63, 3.8) is 0 Å². The van der Waals surface area contributed by atoms with Gasteiger partial charge in [0.05, 0.1) is 27.5 Å². The van der Waals surface area contributed by atoms with Crippen LogP contribution in [0, 0.1) is 0 Å². The second kappa shape index (κ2) is 15.4. The van der Waals surface area contributed by atoms with Crippen molar-refractivity contribution in [1.29, 1.82) is 0 Å². The molecule has 4 heteroatoms. The molecule has 10 rings (SSSR count). The number of nitrogens with zero attached hydrogens (tertiary/aromatic N) is 2. The molecule has 2 aliphatic carbocycles. The minimum Gasteiger partial charge on any atom is -0.310 e. The monoisotopic (exact) mass is 816 g/mol. The van der Waals surface area contributed by atoms with Gasteiger partial charge in [0.1, 0.15) is 0 Å². The summed E-state index contributed by atoms with van der Waals surface area (Å²) < 4.78 is 0. The van der Waals surface area contributed by atoms with Crippen molar-refractivity contribution < 1.29 is 0 Å². The third kappa shape index (κ3) is 6.96. The summed E-state index contributed by atoms with van der Waals surface area (Å²) >= 11 is 0. The fourth-order valence-corrected chi connectivity index (χ4v) is 13.1. The van der Waals surface area contributed by atoms with Crippen LogP contribution in [0.5, 0.6) is 0 Å². The maximum atomic E-state index is 2.60. The summed E-state index contributed by atoms with van der Waals surface area (Å²) in [5.41, 5.74) is 10.5. The van der Waals surface area contributed by atoms with E-state index in [0.29, 0.717) is 11.8 Å². The number of hydrogen-bond donors (Lipinski definition) is 0. The molecule has 0 amide bonds. The lowest BCUT2D eigenvalue weighted by Crippen LogP contribution is -2.37. The van der Waals surface area contributed by atoms with Gasteiger partial charge in [0.25, 0.3) is 0 Å². The molecule has 2 aliphatic rings. The highest BCUT2D eigenvalue weighted by Crippen LogP contribution is 2.53. The molecule has 0 bridgehead atoms. The van der Waals surface area contributed by atoms with E-state index in [4.69, 9.17) is 0 Å². The Kier molecular flexibility index (Phi) is 10.00. The average Bonchev–Trinajstić information content (AvgIpc) is 4.01. The van der Waals surface area contributed by atoms with Crippen LogP contribution in [0.1, 0.15) is 74.3 Å². The Morgan fingerprint density at radius 1 is 0.367 bits per heavy atom. The van der Waals surface area contributed by atoms with Crippen LogP contribution in [0.2, 0.25) is 39.3 Å². The average molecular weight is 817 g/mol. The van der Waals surface area contributed by atoms with Crippen LogP contribution in [-0.2, 0) is 0 Å². The van der Waals surface area contributed by atoms with Gasteiger partial charge in [0.15, 0.2) is 0 Å². The number of benzene rings is 8. The van der Waals surface area contributed by atoms with E-state index in [2.05, 4.69) is 195 Å². The van der Waals surface area contributed by atoms with Crippen LogP contribution in [0.3, 0.4) is 0 Å². The van der Waals surface area contributed by atoms with Crippen LogP contribution in [0.4, 0.5) is 34.1 Å². The number of para-hydroxylation sites is 2. The Hall–Kier alpha value is -5.17.